The molecule has 0 saturated carbocycles. The van der Waals surface area contributed by atoms with Crippen LogP contribution in [0.25, 0.3) is 10.2 Å². The summed E-state index contributed by atoms with van der Waals surface area (Å²) in [6.45, 7) is 0. The number of aromatic nitrogens is 3. The van der Waals surface area contributed by atoms with Crippen molar-refractivity contribution >= 4 is 56.4 Å². The van der Waals surface area contributed by atoms with Crippen LogP contribution >= 0.6 is 11.3 Å². The topological polar surface area (TPSA) is 135 Å². The molecule has 0 fully saturated rings. The van der Waals surface area contributed by atoms with Gasteiger partial charge in [0, 0.05) is 23.0 Å². The minimum absolute atomic E-state index is 0.264. The molecule has 0 bridgehead atoms. The van der Waals surface area contributed by atoms with Crippen molar-refractivity contribution in [1.82, 2.24) is 15.0 Å². The first-order valence-corrected chi connectivity index (χ1v) is 9.35. The third-order valence-corrected chi connectivity index (χ3v) is 4.85. The number of nitrogens with two attached hydrogens (primary N) is 1. The Labute approximate surface area is 169 Å². The number of nitrogens with one attached hydrogen (secondary N) is 3. The maximum atomic E-state index is 12.6. The number of amides is 3. The summed E-state index contributed by atoms with van der Waals surface area (Å²) >= 11 is 1.33. The van der Waals surface area contributed by atoms with Crippen molar-refractivity contribution in [2.24, 2.45) is 0 Å². The molecule has 0 saturated heterocycles. The van der Waals surface area contributed by atoms with E-state index in [9.17, 15) is 9.59 Å². The SMILES string of the molecule is Nc1ncnc2scc(C(=O)Nc3ccc(NC(=O)Nc4cccnc4)cc3)c12. The molecule has 0 aliphatic heterocycles. The van der Waals surface area contributed by atoms with E-state index in [1.807, 2.05) is 0 Å². The van der Waals surface area contributed by atoms with Gasteiger partial charge in [0.05, 0.1) is 22.8 Å². The molecule has 3 heterocycles. The number of hydrogen-bond acceptors (Lipinski definition) is 7. The lowest BCUT2D eigenvalue weighted by atomic mass is 10.2. The van der Waals surface area contributed by atoms with Gasteiger partial charge in [0.2, 0.25) is 0 Å². The standard InChI is InChI=1S/C19H15N7O2S/c20-16-15-14(9-29-18(15)23-10-22-16)17(27)24-11-3-5-12(6-4-11)25-19(28)26-13-2-1-7-21-8-13/h1-10H,(H,24,27)(H2,20,22,23)(H2,25,26,28). The summed E-state index contributed by atoms with van der Waals surface area (Å²) < 4.78 is 0. The van der Waals surface area contributed by atoms with Gasteiger partial charge in [-0.25, -0.2) is 14.8 Å². The Morgan fingerprint density at radius 2 is 1.66 bits per heavy atom. The number of nitrogen functional groups attached to an aromatic ring is 1. The Morgan fingerprint density at radius 3 is 2.38 bits per heavy atom. The van der Waals surface area contributed by atoms with Crippen molar-refractivity contribution in [3.05, 3.63) is 66.1 Å². The maximum absolute atomic E-state index is 12.6. The van der Waals surface area contributed by atoms with Gasteiger partial charge in [0.15, 0.2) is 0 Å². The number of benzene rings is 1. The highest BCUT2D eigenvalue weighted by molar-refractivity contribution is 7.17. The second kappa shape index (κ2) is 7.90. The number of urea groups is 1. The van der Waals surface area contributed by atoms with E-state index in [-0.39, 0.29) is 11.7 Å². The van der Waals surface area contributed by atoms with Crippen LogP contribution in [0.15, 0.2) is 60.5 Å². The van der Waals surface area contributed by atoms with E-state index in [2.05, 4.69) is 30.9 Å². The summed E-state index contributed by atoms with van der Waals surface area (Å²) in [5.41, 5.74) is 8.03. The Morgan fingerprint density at radius 1 is 0.931 bits per heavy atom. The molecule has 0 spiro atoms. The zero-order chi connectivity index (χ0) is 20.2. The molecule has 3 aromatic heterocycles. The molecular formula is C19H15N7O2S. The highest BCUT2D eigenvalue weighted by atomic mass is 32.1. The molecule has 4 aromatic rings. The number of rotatable bonds is 4. The van der Waals surface area contributed by atoms with E-state index < -0.39 is 6.03 Å². The van der Waals surface area contributed by atoms with Crippen molar-refractivity contribution in [2.45, 2.75) is 0 Å². The molecule has 0 aliphatic rings. The summed E-state index contributed by atoms with van der Waals surface area (Å²) in [7, 11) is 0. The minimum Gasteiger partial charge on any atom is -0.383 e. The molecule has 10 heteroatoms. The van der Waals surface area contributed by atoms with Gasteiger partial charge in [-0.05, 0) is 36.4 Å². The monoisotopic (exact) mass is 405 g/mol. The first-order valence-electron chi connectivity index (χ1n) is 8.47. The Hall–Kier alpha value is -4.05. The first-order chi connectivity index (χ1) is 14.1. The fraction of sp³-hybridized carbons (Fsp3) is 0. The third kappa shape index (κ3) is 4.12. The lowest BCUT2D eigenvalue weighted by Gasteiger charge is -2.09. The van der Waals surface area contributed by atoms with Gasteiger partial charge >= 0.3 is 6.03 Å². The molecule has 0 atom stereocenters. The van der Waals surface area contributed by atoms with Gasteiger partial charge in [0.1, 0.15) is 17.0 Å². The van der Waals surface area contributed by atoms with Crippen molar-refractivity contribution in [3.8, 4) is 0 Å². The van der Waals surface area contributed by atoms with Crippen LogP contribution in [0.3, 0.4) is 0 Å². The van der Waals surface area contributed by atoms with Crippen molar-refractivity contribution < 1.29 is 9.59 Å². The lowest BCUT2D eigenvalue weighted by Crippen LogP contribution is -2.19. The fourth-order valence-electron chi connectivity index (χ4n) is 2.63. The molecule has 0 radical (unpaired) electrons. The minimum atomic E-state index is -0.394. The number of pyridine rings is 1. The number of fused-ring (bicyclic) bond motifs is 1. The van der Waals surface area contributed by atoms with Crippen LogP contribution in [0.1, 0.15) is 10.4 Å². The van der Waals surface area contributed by atoms with Gasteiger partial charge in [0.25, 0.3) is 5.91 Å². The Kier molecular flexibility index (Phi) is 4.99. The number of nitrogens with zero attached hydrogens (tertiary/aromatic N) is 3. The normalized spacial score (nSPS) is 10.5. The predicted molar refractivity (Wildman–Crippen MR) is 113 cm³/mol. The van der Waals surface area contributed by atoms with E-state index >= 15 is 0 Å². The Bertz CT molecular complexity index is 1180. The van der Waals surface area contributed by atoms with E-state index in [1.54, 1.807) is 54.2 Å². The zero-order valence-electron chi connectivity index (χ0n) is 14.9. The van der Waals surface area contributed by atoms with Crippen LogP contribution in [0, 0.1) is 0 Å². The summed E-state index contributed by atoms with van der Waals surface area (Å²) in [6, 6.07) is 9.80. The molecule has 1 aromatic carbocycles. The van der Waals surface area contributed by atoms with Crippen LogP contribution in [0.2, 0.25) is 0 Å². The van der Waals surface area contributed by atoms with E-state index in [4.69, 9.17) is 5.73 Å². The van der Waals surface area contributed by atoms with E-state index in [1.165, 1.54) is 17.7 Å². The largest absolute Gasteiger partial charge is 0.383 e. The molecule has 144 valence electrons. The molecule has 3 amide bonds. The summed E-state index contributed by atoms with van der Waals surface area (Å²) in [4.78, 5) is 37.3. The van der Waals surface area contributed by atoms with Crippen LogP contribution in [-0.4, -0.2) is 26.9 Å². The maximum Gasteiger partial charge on any atom is 0.323 e. The van der Waals surface area contributed by atoms with Gasteiger partial charge in [-0.1, -0.05) is 0 Å². The number of thiophene rings is 1. The first kappa shape index (κ1) is 18.3. The van der Waals surface area contributed by atoms with Crippen LogP contribution in [0.4, 0.5) is 27.7 Å². The zero-order valence-corrected chi connectivity index (χ0v) is 15.7. The van der Waals surface area contributed by atoms with Gasteiger partial charge < -0.3 is 21.7 Å². The van der Waals surface area contributed by atoms with Crippen molar-refractivity contribution in [1.29, 1.82) is 0 Å². The fourth-order valence-corrected chi connectivity index (χ4v) is 3.53. The smallest absolute Gasteiger partial charge is 0.323 e. The highest BCUT2D eigenvalue weighted by Gasteiger charge is 2.16. The van der Waals surface area contributed by atoms with Gasteiger partial charge in [-0.15, -0.1) is 11.3 Å². The van der Waals surface area contributed by atoms with E-state index in [0.29, 0.717) is 32.8 Å². The van der Waals surface area contributed by atoms with Crippen LogP contribution in [0.5, 0.6) is 0 Å². The molecule has 0 aliphatic carbocycles. The van der Waals surface area contributed by atoms with Crippen molar-refractivity contribution in [3.63, 3.8) is 0 Å². The lowest BCUT2D eigenvalue weighted by molar-refractivity contribution is 0.102. The number of carbonyl (C=O) groups excluding carboxylic acids is 2. The summed E-state index contributed by atoms with van der Waals surface area (Å²) in [5.74, 6) is -0.0478. The second-order valence-electron chi connectivity index (χ2n) is 5.94. The molecule has 4 rings (SSSR count). The molecule has 0 unspecified atom stereocenters. The third-order valence-electron chi connectivity index (χ3n) is 3.96. The Balaban J connectivity index is 1.41. The van der Waals surface area contributed by atoms with E-state index in [0.717, 1.165) is 0 Å². The molecule has 9 nitrogen and oxygen atoms in total. The highest BCUT2D eigenvalue weighted by Crippen LogP contribution is 2.28. The summed E-state index contributed by atoms with van der Waals surface area (Å²) in [6.07, 6.45) is 4.53. The predicted octanol–water partition coefficient (Wildman–Crippen LogP) is 3.56. The van der Waals surface area contributed by atoms with Crippen LogP contribution < -0.4 is 21.7 Å². The van der Waals surface area contributed by atoms with Crippen molar-refractivity contribution in [2.75, 3.05) is 21.7 Å². The molecule has 29 heavy (non-hydrogen) atoms. The number of carbonyl (C=O) groups is 2. The quantitative estimate of drug-likeness (QED) is 0.410. The second-order valence-corrected chi connectivity index (χ2v) is 6.80. The number of anilines is 4. The molecule has 5 N–H and O–H groups in total. The average Bonchev–Trinajstić information content (AvgIpc) is 3.16. The number of hydrogen-bond donors (Lipinski definition) is 4. The van der Waals surface area contributed by atoms with Crippen LogP contribution in [-0.2, 0) is 0 Å². The molecular weight excluding hydrogens is 390 g/mol. The van der Waals surface area contributed by atoms with Gasteiger partial charge in [-0.3, -0.25) is 9.78 Å². The summed E-state index contributed by atoms with van der Waals surface area (Å²) in [5, 5.41) is 10.4. The van der Waals surface area contributed by atoms with Gasteiger partial charge in [-0.2, -0.15) is 0 Å². The average molecular weight is 405 g/mol.